The molecule has 0 atom stereocenters. The van der Waals surface area contributed by atoms with Crippen LogP contribution in [0.3, 0.4) is 0 Å². The second kappa shape index (κ2) is 4.81. The van der Waals surface area contributed by atoms with Crippen molar-refractivity contribution < 1.29 is 0 Å². The van der Waals surface area contributed by atoms with E-state index in [1.54, 1.807) is 13.0 Å². The molecule has 5 heteroatoms. The molecule has 0 spiro atoms. The van der Waals surface area contributed by atoms with Gasteiger partial charge in [-0.05, 0) is 26.8 Å². The van der Waals surface area contributed by atoms with Crippen molar-refractivity contribution >= 4 is 34.7 Å². The second-order valence-electron chi connectivity index (χ2n) is 3.57. The van der Waals surface area contributed by atoms with E-state index in [0.29, 0.717) is 27.3 Å². The fourth-order valence-electron chi connectivity index (χ4n) is 1.22. The van der Waals surface area contributed by atoms with Crippen LogP contribution in [0.5, 0.6) is 0 Å². The maximum absolute atomic E-state index is 7.62. The number of hydrogen-bond acceptors (Lipinski definition) is 3. The lowest BCUT2D eigenvalue weighted by Crippen LogP contribution is -2.14. The topological polar surface area (TPSA) is 48.8 Å². The summed E-state index contributed by atoms with van der Waals surface area (Å²) in [5, 5.41) is 11.5. The predicted molar refractivity (Wildman–Crippen MR) is 65.5 cm³/mol. The first-order valence-electron chi connectivity index (χ1n) is 4.60. The number of aromatic nitrogens is 1. The molecule has 0 amide bonds. The van der Waals surface area contributed by atoms with Crippen molar-refractivity contribution in [3.05, 3.63) is 21.8 Å². The zero-order valence-electron chi connectivity index (χ0n) is 8.86. The molecule has 1 aromatic rings. The van der Waals surface area contributed by atoms with Crippen molar-refractivity contribution in [3.63, 3.8) is 0 Å². The minimum absolute atomic E-state index is 0.213. The van der Waals surface area contributed by atoms with E-state index in [1.165, 1.54) is 0 Å². The largest absolute Gasteiger partial charge is 0.367 e. The van der Waals surface area contributed by atoms with E-state index in [-0.39, 0.29) is 6.04 Å². The predicted octanol–water partition coefficient (Wildman–Crippen LogP) is 3.60. The van der Waals surface area contributed by atoms with E-state index >= 15 is 0 Å². The fourth-order valence-corrected chi connectivity index (χ4v) is 1.80. The minimum atomic E-state index is 0.213. The molecule has 0 aliphatic heterocycles. The highest BCUT2D eigenvalue weighted by Crippen LogP contribution is 2.26. The molecular weight excluding hydrogens is 233 g/mol. The van der Waals surface area contributed by atoms with Crippen LogP contribution in [0.2, 0.25) is 10.2 Å². The number of hydrogen-bond donors (Lipinski definition) is 2. The van der Waals surface area contributed by atoms with Gasteiger partial charge in [-0.2, -0.15) is 0 Å². The summed E-state index contributed by atoms with van der Waals surface area (Å²) in [5.74, 6) is 0.565. The van der Waals surface area contributed by atoms with Gasteiger partial charge in [-0.25, -0.2) is 4.98 Å². The first-order chi connectivity index (χ1) is 6.91. The summed E-state index contributed by atoms with van der Waals surface area (Å²) in [5.41, 5.74) is 0.974. The summed E-state index contributed by atoms with van der Waals surface area (Å²) in [6, 6.07) is 1.76. The second-order valence-corrected chi connectivity index (χ2v) is 4.37. The zero-order valence-corrected chi connectivity index (χ0v) is 10.4. The smallest absolute Gasteiger partial charge is 0.138 e. The van der Waals surface area contributed by atoms with Gasteiger partial charge >= 0.3 is 0 Å². The fraction of sp³-hybridized carbons (Fsp3) is 0.400. The molecule has 1 aromatic heterocycles. The molecule has 2 N–H and O–H groups in total. The molecule has 0 aliphatic rings. The van der Waals surface area contributed by atoms with Gasteiger partial charge in [-0.15, -0.1) is 0 Å². The van der Waals surface area contributed by atoms with E-state index in [1.807, 2.05) is 13.8 Å². The molecule has 0 saturated heterocycles. The van der Waals surface area contributed by atoms with Gasteiger partial charge in [-0.3, -0.25) is 0 Å². The third kappa shape index (κ3) is 3.08. The molecular formula is C10H13Cl2N3. The molecule has 1 heterocycles. The Morgan fingerprint density at radius 3 is 2.53 bits per heavy atom. The van der Waals surface area contributed by atoms with Gasteiger partial charge in [0.05, 0.1) is 10.6 Å². The van der Waals surface area contributed by atoms with Crippen molar-refractivity contribution in [2.75, 3.05) is 5.32 Å². The molecule has 0 aromatic carbocycles. The Bertz CT molecular complexity index is 388. The van der Waals surface area contributed by atoms with Gasteiger partial charge in [-0.1, -0.05) is 23.2 Å². The van der Waals surface area contributed by atoms with Crippen LogP contribution < -0.4 is 5.32 Å². The standard InChI is InChI=1S/C10H13Cl2N3/c1-5(2)14-10-9(6(3)13)7(11)4-8(12)15-10/h4-5,13H,1-3H3,(H,14,15). The monoisotopic (exact) mass is 245 g/mol. The Kier molecular flexibility index (Phi) is 3.94. The SMILES string of the molecule is CC(=N)c1c(Cl)cc(Cl)nc1NC(C)C. The molecule has 0 saturated carbocycles. The Hall–Kier alpha value is -0.800. The average molecular weight is 246 g/mol. The lowest BCUT2D eigenvalue weighted by molar-refractivity contribution is 0.888. The van der Waals surface area contributed by atoms with Gasteiger partial charge in [0.15, 0.2) is 0 Å². The van der Waals surface area contributed by atoms with Crippen LogP contribution in [0.1, 0.15) is 26.3 Å². The number of pyridine rings is 1. The van der Waals surface area contributed by atoms with Crippen molar-refractivity contribution in [1.29, 1.82) is 5.41 Å². The third-order valence-corrected chi connectivity index (χ3v) is 2.23. The van der Waals surface area contributed by atoms with E-state index < -0.39 is 0 Å². The first-order valence-corrected chi connectivity index (χ1v) is 5.35. The van der Waals surface area contributed by atoms with Crippen LogP contribution in [-0.2, 0) is 0 Å². The normalized spacial score (nSPS) is 10.5. The molecule has 82 valence electrons. The first kappa shape index (κ1) is 12.3. The molecule has 0 bridgehead atoms. The average Bonchev–Trinajstić information content (AvgIpc) is 1.99. The number of halogens is 2. The number of nitrogens with one attached hydrogen (secondary N) is 2. The lowest BCUT2D eigenvalue weighted by atomic mass is 10.1. The van der Waals surface area contributed by atoms with Gasteiger partial charge in [0.1, 0.15) is 11.0 Å². The molecule has 0 aliphatic carbocycles. The molecule has 1 rings (SSSR count). The van der Waals surface area contributed by atoms with Crippen LogP contribution in [0.4, 0.5) is 5.82 Å². The highest BCUT2D eigenvalue weighted by molar-refractivity contribution is 6.37. The van der Waals surface area contributed by atoms with E-state index in [2.05, 4.69) is 10.3 Å². The van der Waals surface area contributed by atoms with Gasteiger partial charge in [0, 0.05) is 11.8 Å². The van der Waals surface area contributed by atoms with E-state index in [9.17, 15) is 0 Å². The van der Waals surface area contributed by atoms with Gasteiger partial charge in [0.25, 0.3) is 0 Å². The van der Waals surface area contributed by atoms with Gasteiger partial charge < -0.3 is 10.7 Å². The highest BCUT2D eigenvalue weighted by atomic mass is 35.5. The molecule has 0 fully saturated rings. The van der Waals surface area contributed by atoms with Crippen molar-refractivity contribution in [2.24, 2.45) is 0 Å². The maximum atomic E-state index is 7.62. The summed E-state index contributed by atoms with van der Waals surface area (Å²) in [6.07, 6.45) is 0. The molecule has 3 nitrogen and oxygen atoms in total. The summed E-state index contributed by atoms with van der Waals surface area (Å²) < 4.78 is 0. The van der Waals surface area contributed by atoms with Crippen LogP contribution in [0, 0.1) is 5.41 Å². The van der Waals surface area contributed by atoms with Crippen LogP contribution in [0.15, 0.2) is 6.07 Å². The van der Waals surface area contributed by atoms with Crippen molar-refractivity contribution in [1.82, 2.24) is 4.98 Å². The summed E-state index contributed by atoms with van der Waals surface area (Å²) in [6.45, 7) is 5.64. The molecule has 0 radical (unpaired) electrons. The van der Waals surface area contributed by atoms with E-state index in [4.69, 9.17) is 28.6 Å². The summed E-state index contributed by atoms with van der Waals surface area (Å²) in [4.78, 5) is 4.12. The quantitative estimate of drug-likeness (QED) is 0.632. The third-order valence-electron chi connectivity index (χ3n) is 1.74. The summed E-state index contributed by atoms with van der Waals surface area (Å²) >= 11 is 11.8. The molecule has 15 heavy (non-hydrogen) atoms. The zero-order chi connectivity index (χ0) is 11.6. The minimum Gasteiger partial charge on any atom is -0.367 e. The lowest BCUT2D eigenvalue weighted by Gasteiger charge is -2.14. The number of nitrogens with zero attached hydrogens (tertiary/aromatic N) is 1. The Morgan fingerprint density at radius 1 is 1.47 bits per heavy atom. The highest BCUT2D eigenvalue weighted by Gasteiger charge is 2.13. The number of anilines is 1. The van der Waals surface area contributed by atoms with Crippen molar-refractivity contribution in [2.45, 2.75) is 26.8 Å². The Labute approximate surface area is 99.3 Å². The number of rotatable bonds is 3. The maximum Gasteiger partial charge on any atom is 0.138 e. The molecule has 0 unspecified atom stereocenters. The summed E-state index contributed by atoms with van der Waals surface area (Å²) in [7, 11) is 0. The Balaban J connectivity index is 3.27. The van der Waals surface area contributed by atoms with Gasteiger partial charge in [0.2, 0.25) is 0 Å². The van der Waals surface area contributed by atoms with Crippen molar-refractivity contribution in [3.8, 4) is 0 Å². The Morgan fingerprint density at radius 2 is 2.07 bits per heavy atom. The van der Waals surface area contributed by atoms with E-state index in [0.717, 1.165) is 0 Å². The van der Waals surface area contributed by atoms with Crippen LogP contribution in [0.25, 0.3) is 0 Å². The van der Waals surface area contributed by atoms with Crippen LogP contribution >= 0.6 is 23.2 Å². The van der Waals surface area contributed by atoms with Crippen LogP contribution in [-0.4, -0.2) is 16.7 Å².